The van der Waals surface area contributed by atoms with Gasteiger partial charge in [0.25, 0.3) is 5.56 Å². The molecule has 142 heavy (non-hydrogen) atoms. The van der Waals surface area contributed by atoms with E-state index in [1.54, 1.807) is 11.8 Å². The molecule has 11 amide bonds. The molecule has 47 nitrogen and oxygen atoms in total. The maximum absolute atomic E-state index is 14.2. The summed E-state index contributed by atoms with van der Waals surface area (Å²) in [4.78, 5) is 180. The number of ether oxygens (including phenoxy) is 10. The van der Waals surface area contributed by atoms with Crippen LogP contribution in [0.4, 0.5) is 0 Å². The Morgan fingerprint density at radius 3 is 1.11 bits per heavy atom. The number of amides is 11. The SMILES string of the molecule is CSC[C@H]1O[C@@H](n2cc(CCC(=O)NCCCCCCNC(=O)CCCCCCCCCCC(=O)NC(COCCC(=O)NCCCNCC(=O)CCCCO[C@@H]3OC(CO)[C@H](O)C(O)C3NC(C)=O)(COCCC(=O)NCCCNC(=O)CCCCO[C@@H]3OC(CO)[C@H](O)C(O)C3NC(C)=O)COCCC(=O)NCCCNC(=O)CCCCO[C@@H]3OC(CO)[C@H](O)C(O)C3NC(C)=O)c(=O)[nH]c2=O)C[C@@H]1C. The number of aromatic amines is 1. The summed E-state index contributed by atoms with van der Waals surface area (Å²) in [5, 5.41) is 125. The number of hydrogen-bond acceptors (Lipinski definition) is 35. The third kappa shape index (κ3) is 50.4. The molecule has 1 aromatic heterocycles. The standard InChI is InChI=1S/C94H164N14O33S/c1-61-51-79(138-70(61)57-142-5)108-53-65(89(130)106-93(108)131)32-33-74(119)97-39-20-13-12-19-38-96-71(116)28-14-10-8-6-7-9-11-15-31-78(123)107-94(59-133-49-35-76(121)101-43-25-41-98-72(117)29-17-22-46-136-91-81(104-63(3)113)87(128)84(125)68(55-110)140-91,60-134-50-36-77(122)102-44-26-42-99-73(118)30-18-23-47-137-92-82(105-64(4)114)88(129)85(126)69(56-111)141-92)58-132-48-34-75(120)100-40-24-37-95-52-66(115)27-16-21-45-135-90-80(103-62(2)112)86(127)83(124)67(54-109)139-90/h53,61,67-70,79-88,90-92,95,109-111,124-129H,6-52,54-60H2,1-5H3,(H,96,116)(H,97,119)(H,98,117)(H,99,118)(H,100,120)(H,101,121)(H,102,122)(H,103,112)(H,104,113)(H,105,114)(H,107,123)(H,106,130,131)/t61-,67?,68?,69?,70+,79+,80?,81?,82?,83-,84-,85-,86?,87?,88?,90+,91+,92+,94?/m0/s1. The third-order valence-electron chi connectivity index (χ3n) is 24.3. The molecule has 18 atom stereocenters. The van der Waals surface area contributed by atoms with E-state index in [1.165, 1.54) is 31.5 Å². The molecule has 22 N–H and O–H groups in total. The summed E-state index contributed by atoms with van der Waals surface area (Å²) in [6.45, 7) is 5.62. The molecule has 1 aromatic rings. The first-order valence-electron chi connectivity index (χ1n) is 50.4. The normalized spacial score (nSPS) is 23.6. The predicted octanol–water partition coefficient (Wildman–Crippen LogP) is -3.17. The summed E-state index contributed by atoms with van der Waals surface area (Å²) in [5.41, 5.74) is -2.16. The van der Waals surface area contributed by atoms with Crippen LogP contribution in [-0.4, -0.2) is 380 Å². The minimum Gasteiger partial charge on any atom is -0.394 e. The molecule has 4 saturated heterocycles. The van der Waals surface area contributed by atoms with Gasteiger partial charge in [-0.1, -0.05) is 58.3 Å². The molecule has 5 rings (SSSR count). The summed E-state index contributed by atoms with van der Waals surface area (Å²) in [5.74, 6) is -2.73. The molecule has 0 aromatic carbocycles. The first-order chi connectivity index (χ1) is 68.2. The Balaban J connectivity index is 1.08. The Kier molecular flexibility index (Phi) is 63.5. The number of carbonyl (C=O) groups excluding carboxylic acids is 12. The summed E-state index contributed by atoms with van der Waals surface area (Å²) in [7, 11) is 0. The maximum Gasteiger partial charge on any atom is 0.330 e. The number of aliphatic hydroxyl groups is 9. The minimum absolute atomic E-state index is 0.00123. The third-order valence-corrected chi connectivity index (χ3v) is 25.0. The number of aryl methyl sites for hydroxylation is 1. The van der Waals surface area contributed by atoms with Crippen LogP contribution < -0.4 is 75.1 Å². The Hall–Kier alpha value is -7.93. The van der Waals surface area contributed by atoms with Crippen molar-refractivity contribution in [2.75, 3.05) is 150 Å². The number of aromatic nitrogens is 2. The van der Waals surface area contributed by atoms with Crippen LogP contribution in [0.1, 0.15) is 239 Å². The van der Waals surface area contributed by atoms with Gasteiger partial charge >= 0.3 is 5.69 Å². The van der Waals surface area contributed by atoms with Crippen molar-refractivity contribution in [1.82, 2.24) is 73.4 Å². The highest BCUT2D eigenvalue weighted by atomic mass is 32.2. The van der Waals surface area contributed by atoms with Crippen LogP contribution in [0.25, 0.3) is 0 Å². The van der Waals surface area contributed by atoms with Crippen molar-refractivity contribution in [2.24, 2.45) is 5.92 Å². The van der Waals surface area contributed by atoms with E-state index in [-0.39, 0.29) is 222 Å². The minimum atomic E-state index is -1.47. The molecule has 0 saturated carbocycles. The van der Waals surface area contributed by atoms with E-state index in [1.807, 2.05) is 6.26 Å². The van der Waals surface area contributed by atoms with E-state index in [2.05, 4.69) is 75.7 Å². The van der Waals surface area contributed by atoms with Gasteiger partial charge in [0.05, 0.1) is 72.1 Å². The number of aliphatic hydroxyl groups excluding tert-OH is 9. The molecule has 0 aliphatic carbocycles. The topological polar surface area (TPSA) is 678 Å². The van der Waals surface area contributed by atoms with Crippen LogP contribution in [0.5, 0.6) is 0 Å². The molecule has 4 fully saturated rings. The molecule has 9 unspecified atom stereocenters. The second kappa shape index (κ2) is 72.4. The van der Waals surface area contributed by atoms with E-state index < -0.39 is 152 Å². The Morgan fingerprint density at radius 1 is 0.401 bits per heavy atom. The molecule has 814 valence electrons. The molecular weight excluding hydrogens is 1890 g/mol. The van der Waals surface area contributed by atoms with Gasteiger partial charge in [0.2, 0.25) is 65.0 Å². The molecule has 0 radical (unpaired) electrons. The maximum atomic E-state index is 14.2. The summed E-state index contributed by atoms with van der Waals surface area (Å²) in [6.07, 6.45) is 2.16. The first kappa shape index (κ1) is 125. The lowest BCUT2D eigenvalue weighted by Gasteiger charge is -2.42. The lowest BCUT2D eigenvalue weighted by molar-refractivity contribution is -0.270. The predicted molar refractivity (Wildman–Crippen MR) is 516 cm³/mol. The van der Waals surface area contributed by atoms with Crippen molar-refractivity contribution in [1.29, 1.82) is 0 Å². The van der Waals surface area contributed by atoms with Gasteiger partial charge in [-0.25, -0.2) is 4.79 Å². The monoisotopic (exact) mass is 2050 g/mol. The van der Waals surface area contributed by atoms with Crippen molar-refractivity contribution in [2.45, 2.75) is 343 Å². The molecule has 5 heterocycles. The summed E-state index contributed by atoms with van der Waals surface area (Å²) < 4.78 is 60.0. The molecule has 0 bridgehead atoms. The van der Waals surface area contributed by atoms with Gasteiger partial charge in [0.15, 0.2) is 18.9 Å². The highest BCUT2D eigenvalue weighted by Gasteiger charge is 2.49. The number of Topliss-reactive ketones (excluding diaryl/α,β-unsaturated/α-hetero) is 1. The fraction of sp³-hybridized carbons (Fsp3) is 0.830. The van der Waals surface area contributed by atoms with Gasteiger partial charge in [-0.15, -0.1) is 0 Å². The number of nitrogens with one attached hydrogen (secondary N) is 13. The van der Waals surface area contributed by atoms with Crippen molar-refractivity contribution in [3.05, 3.63) is 32.6 Å². The summed E-state index contributed by atoms with van der Waals surface area (Å²) >= 11 is 1.67. The van der Waals surface area contributed by atoms with Gasteiger partial charge in [-0.2, -0.15) is 11.8 Å². The second-order valence-electron chi connectivity index (χ2n) is 36.6. The van der Waals surface area contributed by atoms with Gasteiger partial charge in [-0.05, 0) is 115 Å². The van der Waals surface area contributed by atoms with Crippen molar-refractivity contribution < 1.29 is 151 Å². The number of carbonyl (C=O) groups is 12. The van der Waals surface area contributed by atoms with Gasteiger partial charge in [0.1, 0.15) is 90.6 Å². The number of hydrogen-bond donors (Lipinski definition) is 22. The zero-order valence-corrected chi connectivity index (χ0v) is 84.1. The van der Waals surface area contributed by atoms with Crippen molar-refractivity contribution in [3.63, 3.8) is 0 Å². The molecular formula is C94H164N14O33S. The average Bonchev–Trinajstić information content (AvgIpc) is 1.74. The fourth-order valence-corrected chi connectivity index (χ4v) is 17.0. The van der Waals surface area contributed by atoms with E-state index in [0.717, 1.165) is 76.4 Å². The average molecular weight is 2050 g/mol. The lowest BCUT2D eigenvalue weighted by atomic mass is 9.97. The smallest absolute Gasteiger partial charge is 0.330 e. The van der Waals surface area contributed by atoms with Crippen LogP contribution in [0.2, 0.25) is 0 Å². The van der Waals surface area contributed by atoms with Crippen LogP contribution >= 0.6 is 11.8 Å². The van der Waals surface area contributed by atoms with Crippen molar-refractivity contribution >= 4 is 82.5 Å². The highest BCUT2D eigenvalue weighted by Crippen LogP contribution is 2.34. The number of rotatable bonds is 78. The van der Waals surface area contributed by atoms with E-state index in [0.29, 0.717) is 102 Å². The zero-order chi connectivity index (χ0) is 104. The Bertz CT molecular complexity index is 3880. The van der Waals surface area contributed by atoms with E-state index in [4.69, 9.17) is 47.4 Å². The van der Waals surface area contributed by atoms with Crippen LogP contribution in [-0.2, 0) is 111 Å². The first-order valence-corrected chi connectivity index (χ1v) is 51.8. The number of ketones is 1. The number of H-pyrrole nitrogens is 1. The summed E-state index contributed by atoms with van der Waals surface area (Å²) in [6, 6.07) is -3.30. The second-order valence-corrected chi connectivity index (χ2v) is 37.5. The molecule has 4 aliphatic heterocycles. The van der Waals surface area contributed by atoms with Crippen LogP contribution in [0.15, 0.2) is 15.8 Å². The number of nitrogens with zero attached hydrogens (tertiary/aromatic N) is 1. The largest absolute Gasteiger partial charge is 0.394 e. The molecule has 0 spiro atoms. The highest BCUT2D eigenvalue weighted by molar-refractivity contribution is 7.98. The van der Waals surface area contributed by atoms with Gasteiger partial charge in [-0.3, -0.25) is 71.9 Å². The fourth-order valence-electron chi connectivity index (χ4n) is 16.3. The molecule has 48 heteroatoms. The Labute approximate surface area is 834 Å². The van der Waals surface area contributed by atoms with E-state index >= 15 is 0 Å². The van der Waals surface area contributed by atoms with Crippen molar-refractivity contribution in [3.8, 4) is 0 Å². The van der Waals surface area contributed by atoms with Crippen LogP contribution in [0.3, 0.4) is 0 Å². The van der Waals surface area contributed by atoms with Crippen LogP contribution in [0, 0.1) is 5.92 Å². The van der Waals surface area contributed by atoms with E-state index in [9.17, 15) is 113 Å². The quantitative estimate of drug-likeness (QED) is 0.0286. The lowest BCUT2D eigenvalue weighted by Crippen LogP contribution is -2.64. The number of unbranched alkanes of at least 4 members (excludes halogenated alkanes) is 13. The zero-order valence-electron chi connectivity index (χ0n) is 83.3. The Morgan fingerprint density at radius 2 is 0.732 bits per heavy atom. The molecule has 4 aliphatic rings. The van der Waals surface area contributed by atoms with Gasteiger partial charge < -0.3 is 157 Å². The van der Waals surface area contributed by atoms with Gasteiger partial charge in [0, 0.05) is 162 Å². The number of thioether (sulfide) groups is 1.